The van der Waals surface area contributed by atoms with Crippen molar-refractivity contribution in [1.29, 1.82) is 0 Å². The van der Waals surface area contributed by atoms with Gasteiger partial charge in [-0.25, -0.2) is 0 Å². The second-order valence-corrected chi connectivity index (χ2v) is 17.3. The summed E-state index contributed by atoms with van der Waals surface area (Å²) >= 11 is 0. The minimum atomic E-state index is -0.822. The molecule has 6 nitrogen and oxygen atoms in total. The number of carbonyl (C=O) groups excluding carboxylic acids is 3. The molecule has 1 atom stereocenters. The second kappa shape index (κ2) is 53.4. The molecule has 0 aromatic carbocycles. The smallest absolute Gasteiger partial charge is 0.306 e. The van der Waals surface area contributed by atoms with Gasteiger partial charge in [-0.3, -0.25) is 14.4 Å². The van der Waals surface area contributed by atoms with Gasteiger partial charge in [0.2, 0.25) is 0 Å². The Morgan fingerprint density at radius 1 is 0.318 bits per heavy atom. The van der Waals surface area contributed by atoms with Gasteiger partial charge in [0.05, 0.1) is 0 Å². The van der Waals surface area contributed by atoms with Crippen LogP contribution in [0.15, 0.2) is 122 Å². The molecule has 0 fully saturated rings. The van der Waals surface area contributed by atoms with Gasteiger partial charge in [0.15, 0.2) is 6.10 Å². The maximum absolute atomic E-state index is 12.8. The van der Waals surface area contributed by atoms with Crippen LogP contribution in [-0.4, -0.2) is 37.2 Å². The van der Waals surface area contributed by atoms with Gasteiger partial charge in [-0.2, -0.15) is 0 Å². The van der Waals surface area contributed by atoms with Gasteiger partial charge in [0, 0.05) is 19.3 Å². The zero-order valence-corrected chi connectivity index (χ0v) is 42.4. The molecule has 0 aliphatic rings. The van der Waals surface area contributed by atoms with Gasteiger partial charge in [-0.1, -0.05) is 239 Å². The Hall–Kier alpha value is -4.19. The third-order valence-electron chi connectivity index (χ3n) is 10.9. The molecular weight excluding hydrogens is 817 g/mol. The Balaban J connectivity index is 4.54. The first-order valence-corrected chi connectivity index (χ1v) is 26.7. The molecule has 0 aromatic heterocycles. The lowest BCUT2D eigenvalue weighted by molar-refractivity contribution is -0.167. The molecular formula is C60H96O6. The van der Waals surface area contributed by atoms with Crippen LogP contribution in [0.3, 0.4) is 0 Å². The molecule has 66 heavy (non-hydrogen) atoms. The maximum Gasteiger partial charge on any atom is 0.306 e. The van der Waals surface area contributed by atoms with Gasteiger partial charge < -0.3 is 14.2 Å². The molecule has 0 heterocycles. The van der Waals surface area contributed by atoms with E-state index < -0.39 is 6.10 Å². The Morgan fingerprint density at radius 3 is 1.06 bits per heavy atom. The number of allylic oxidation sites excluding steroid dienone is 20. The lowest BCUT2D eigenvalue weighted by Crippen LogP contribution is -2.30. The van der Waals surface area contributed by atoms with Gasteiger partial charge in [0.25, 0.3) is 0 Å². The molecule has 0 amide bonds. The van der Waals surface area contributed by atoms with Crippen LogP contribution >= 0.6 is 0 Å². The summed E-state index contributed by atoms with van der Waals surface area (Å²) in [5, 5.41) is 0. The first kappa shape index (κ1) is 61.8. The number of hydrogen-bond acceptors (Lipinski definition) is 6. The summed E-state index contributed by atoms with van der Waals surface area (Å²) in [7, 11) is 0. The third kappa shape index (κ3) is 50.8. The van der Waals surface area contributed by atoms with Crippen LogP contribution < -0.4 is 0 Å². The van der Waals surface area contributed by atoms with Crippen molar-refractivity contribution in [2.24, 2.45) is 0 Å². The molecule has 1 unspecified atom stereocenters. The van der Waals surface area contributed by atoms with Crippen molar-refractivity contribution in [2.75, 3.05) is 13.2 Å². The quantitative estimate of drug-likeness (QED) is 0.0199. The highest BCUT2D eigenvalue weighted by atomic mass is 16.6. The first-order valence-electron chi connectivity index (χ1n) is 26.7. The molecule has 0 saturated heterocycles. The van der Waals surface area contributed by atoms with Crippen LogP contribution in [0.2, 0.25) is 0 Å². The van der Waals surface area contributed by atoms with Crippen LogP contribution in [-0.2, 0) is 28.6 Å². The second-order valence-electron chi connectivity index (χ2n) is 17.3. The highest BCUT2D eigenvalue weighted by Gasteiger charge is 2.19. The minimum absolute atomic E-state index is 0.118. The van der Waals surface area contributed by atoms with Crippen molar-refractivity contribution in [3.8, 4) is 0 Å². The van der Waals surface area contributed by atoms with Gasteiger partial charge in [0.1, 0.15) is 13.2 Å². The molecule has 0 aliphatic carbocycles. The molecule has 0 aliphatic heterocycles. The van der Waals surface area contributed by atoms with E-state index in [2.05, 4.69) is 87.6 Å². The SMILES string of the molecule is CC/C=C/C=C/C=C/C=C/C=C/CCCC(=O)OCC(COC(=O)CCCCCCC/C=C/C=C/C=C/C=C/CCCCC)OC(=O)CCCCCCCCC/C=C/CCCCCCCC. The largest absolute Gasteiger partial charge is 0.462 e. The maximum atomic E-state index is 12.8. The number of esters is 3. The van der Waals surface area contributed by atoms with E-state index in [1.807, 2.05) is 54.7 Å². The van der Waals surface area contributed by atoms with E-state index in [-0.39, 0.29) is 37.5 Å². The molecule has 372 valence electrons. The normalized spacial score (nSPS) is 13.1. The monoisotopic (exact) mass is 913 g/mol. The molecule has 0 radical (unpaired) electrons. The summed E-state index contributed by atoms with van der Waals surface area (Å²) < 4.78 is 16.7. The van der Waals surface area contributed by atoms with E-state index in [0.29, 0.717) is 19.3 Å². The fraction of sp³-hybridized carbons (Fsp3) is 0.617. The Bertz CT molecular complexity index is 1420. The lowest BCUT2D eigenvalue weighted by atomic mass is 10.1. The van der Waals surface area contributed by atoms with Gasteiger partial charge in [-0.15, -0.1) is 0 Å². The summed E-state index contributed by atoms with van der Waals surface area (Å²) in [5.41, 5.74) is 0. The summed E-state index contributed by atoms with van der Waals surface area (Å²) in [6.07, 6.45) is 73.3. The van der Waals surface area contributed by atoms with E-state index in [4.69, 9.17) is 14.2 Å². The average molecular weight is 913 g/mol. The fourth-order valence-electron chi connectivity index (χ4n) is 6.89. The van der Waals surface area contributed by atoms with Crippen molar-refractivity contribution in [3.05, 3.63) is 122 Å². The van der Waals surface area contributed by atoms with Gasteiger partial charge in [-0.05, 0) is 83.5 Å². The predicted molar refractivity (Wildman–Crippen MR) is 283 cm³/mol. The Labute approximate surface area is 405 Å². The van der Waals surface area contributed by atoms with Crippen molar-refractivity contribution in [1.82, 2.24) is 0 Å². The van der Waals surface area contributed by atoms with Crippen LogP contribution in [0.5, 0.6) is 0 Å². The Kier molecular flexibility index (Phi) is 50.0. The van der Waals surface area contributed by atoms with Crippen molar-refractivity contribution >= 4 is 17.9 Å². The van der Waals surface area contributed by atoms with E-state index >= 15 is 0 Å². The molecule has 0 aromatic rings. The molecule has 0 bridgehead atoms. The number of unbranched alkanes of at least 4 members (excludes halogenated alkanes) is 22. The molecule has 6 heteroatoms. The van der Waals surface area contributed by atoms with Crippen molar-refractivity contribution in [2.45, 2.75) is 226 Å². The van der Waals surface area contributed by atoms with Crippen molar-refractivity contribution in [3.63, 3.8) is 0 Å². The van der Waals surface area contributed by atoms with E-state index in [1.54, 1.807) is 0 Å². The molecule has 0 rings (SSSR count). The highest BCUT2D eigenvalue weighted by Crippen LogP contribution is 2.14. The lowest BCUT2D eigenvalue weighted by Gasteiger charge is -2.18. The Morgan fingerprint density at radius 2 is 0.621 bits per heavy atom. The number of ether oxygens (including phenoxy) is 3. The number of hydrogen-bond donors (Lipinski definition) is 0. The standard InChI is InChI=1S/C60H96O6/c1-4-7-10-13-16-19-22-25-27-29-31-32-35-38-41-44-47-50-53-59(62)65-56-57(55-64-58(61)52-49-46-43-40-37-34-24-21-18-15-12-9-6-3)66-60(63)54-51-48-45-42-39-36-33-30-28-26-23-20-17-14-11-8-5-2/h9,12,15-16,18-19,21-22,24-29,31-32,34,37,40,43,57H,4-8,10-11,13-14,17,20,23,30,33,35-36,38-39,41-42,44-56H2,1-3H3/b12-9+,18-15+,19-16+,24-21+,25-22+,28-26+,29-27+,32-31+,37-34+,43-40+. The summed E-state index contributed by atoms with van der Waals surface area (Å²) in [6.45, 7) is 6.35. The predicted octanol–water partition coefficient (Wildman–Crippen LogP) is 17.7. The molecule has 0 saturated carbocycles. The van der Waals surface area contributed by atoms with Crippen molar-refractivity contribution < 1.29 is 28.6 Å². The summed E-state index contributed by atoms with van der Waals surface area (Å²) in [6, 6.07) is 0. The molecule has 0 spiro atoms. The average Bonchev–Trinajstić information content (AvgIpc) is 3.31. The number of rotatable bonds is 46. The first-order chi connectivity index (χ1) is 32.5. The van der Waals surface area contributed by atoms with E-state index in [9.17, 15) is 14.4 Å². The zero-order chi connectivity index (χ0) is 47.9. The fourth-order valence-corrected chi connectivity index (χ4v) is 6.89. The zero-order valence-electron chi connectivity index (χ0n) is 42.4. The third-order valence-corrected chi connectivity index (χ3v) is 10.9. The van der Waals surface area contributed by atoms with Crippen LogP contribution in [0, 0.1) is 0 Å². The highest BCUT2D eigenvalue weighted by molar-refractivity contribution is 5.71. The summed E-state index contributed by atoms with van der Waals surface area (Å²) in [5.74, 6) is -1.02. The van der Waals surface area contributed by atoms with E-state index in [0.717, 1.165) is 77.0 Å². The number of carbonyl (C=O) groups is 3. The minimum Gasteiger partial charge on any atom is -0.462 e. The van der Waals surface area contributed by atoms with Gasteiger partial charge >= 0.3 is 17.9 Å². The van der Waals surface area contributed by atoms with E-state index in [1.165, 1.54) is 96.3 Å². The van der Waals surface area contributed by atoms with Crippen LogP contribution in [0.25, 0.3) is 0 Å². The van der Waals surface area contributed by atoms with Crippen LogP contribution in [0.1, 0.15) is 220 Å². The summed E-state index contributed by atoms with van der Waals surface area (Å²) in [4.78, 5) is 38.0. The van der Waals surface area contributed by atoms with Crippen LogP contribution in [0.4, 0.5) is 0 Å². The topological polar surface area (TPSA) is 78.9 Å². The molecule has 0 N–H and O–H groups in total.